The molecule has 0 saturated heterocycles. The van der Waals surface area contributed by atoms with Crippen molar-refractivity contribution >= 4 is 39.1 Å². The minimum absolute atomic E-state index is 0.0205. The summed E-state index contributed by atoms with van der Waals surface area (Å²) >= 11 is 0. The number of nitrogens with two attached hydrogens (primary N) is 1. The maximum absolute atomic E-state index is 13.8. The first kappa shape index (κ1) is 27.8. The van der Waals surface area contributed by atoms with Crippen LogP contribution in [0.4, 0.5) is 11.4 Å². The minimum Gasteiger partial charge on any atom is -0.465 e. The van der Waals surface area contributed by atoms with Gasteiger partial charge >= 0.3 is 5.97 Å². The van der Waals surface area contributed by atoms with E-state index in [-0.39, 0.29) is 35.4 Å². The molecule has 204 valence electrons. The lowest BCUT2D eigenvalue weighted by atomic mass is 9.99. The third-order valence-electron chi connectivity index (χ3n) is 6.57. The largest absolute Gasteiger partial charge is 0.465 e. The van der Waals surface area contributed by atoms with E-state index in [1.54, 1.807) is 54.3 Å². The topological polar surface area (TPSA) is 134 Å². The summed E-state index contributed by atoms with van der Waals surface area (Å²) in [6.07, 6.45) is 2.09. The molecular weight excluding hydrogens is 516 g/mol. The number of para-hydroxylation sites is 1. The van der Waals surface area contributed by atoms with Gasteiger partial charge in [-0.05, 0) is 55.5 Å². The summed E-state index contributed by atoms with van der Waals surface area (Å²) in [4.78, 5) is 27.8. The smallest absolute Gasteiger partial charge is 0.326 e. The number of nitrogens with one attached hydrogen (secondary N) is 1. The Balaban J connectivity index is 1.69. The number of rotatable bonds is 10. The average molecular weight is 549 g/mol. The Bertz CT molecular complexity index is 1460. The number of aryl methyl sites for hydroxylation is 2. The van der Waals surface area contributed by atoms with Gasteiger partial charge in [0.2, 0.25) is 5.91 Å². The predicted molar refractivity (Wildman–Crippen MR) is 151 cm³/mol. The van der Waals surface area contributed by atoms with Crippen molar-refractivity contribution in [2.75, 3.05) is 28.9 Å². The molecule has 1 heterocycles. The summed E-state index contributed by atoms with van der Waals surface area (Å²) in [6.45, 7) is 1.69. The highest BCUT2D eigenvalue weighted by Gasteiger charge is 2.34. The van der Waals surface area contributed by atoms with Crippen LogP contribution in [-0.4, -0.2) is 45.8 Å². The Kier molecular flexibility index (Phi) is 8.65. The molecule has 9 nitrogen and oxygen atoms in total. The Hall–Kier alpha value is -4.18. The summed E-state index contributed by atoms with van der Waals surface area (Å²) in [6, 6.07) is 20.3. The lowest BCUT2D eigenvalue weighted by molar-refractivity contribution is -0.141. The van der Waals surface area contributed by atoms with E-state index >= 15 is 0 Å². The van der Waals surface area contributed by atoms with E-state index in [4.69, 9.17) is 15.9 Å². The summed E-state index contributed by atoms with van der Waals surface area (Å²) in [5, 5.41) is 7.54. The Morgan fingerprint density at radius 3 is 2.41 bits per heavy atom. The lowest BCUT2D eigenvalue weighted by Crippen LogP contribution is -2.41. The van der Waals surface area contributed by atoms with Crippen LogP contribution in [0.25, 0.3) is 0 Å². The Morgan fingerprint density at radius 1 is 1.03 bits per heavy atom. The number of anilines is 2. The molecule has 3 aromatic rings. The first-order valence-electron chi connectivity index (χ1n) is 12.8. The Labute approximate surface area is 228 Å². The number of amides is 1. The second kappa shape index (κ2) is 12.1. The van der Waals surface area contributed by atoms with E-state index in [0.717, 1.165) is 21.9 Å². The van der Waals surface area contributed by atoms with Gasteiger partial charge in [0.1, 0.15) is 12.4 Å². The zero-order chi connectivity index (χ0) is 28.0. The number of nitrogen functional groups attached to an aromatic ring is 1. The minimum atomic E-state index is -4.15. The second-order valence-corrected chi connectivity index (χ2v) is 11.0. The number of hydrogen-bond acceptors (Lipinski definition) is 6. The number of amidine groups is 1. The van der Waals surface area contributed by atoms with Crippen molar-refractivity contribution in [1.82, 2.24) is 0 Å². The van der Waals surface area contributed by atoms with Crippen molar-refractivity contribution in [3.8, 4) is 0 Å². The van der Waals surface area contributed by atoms with Crippen molar-refractivity contribution in [2.24, 2.45) is 5.73 Å². The second-order valence-electron chi connectivity index (χ2n) is 9.17. The first-order chi connectivity index (χ1) is 18.7. The molecule has 0 unspecified atom stereocenters. The highest BCUT2D eigenvalue weighted by Crippen LogP contribution is 2.39. The molecule has 1 aliphatic heterocycles. The standard InChI is InChI=1S/C29H32N4O5S/c1-2-38-27(35)20-33(39(36,37)24-10-4-3-5-11-24)25-12-6-8-22-9-7-19-32(28(22)25)26(34)18-15-21-13-16-23(17-14-21)29(30)31/h3-6,8,10-14,16-17H,2,7,9,15,18-20H2,1H3,(H3,30,31). The molecule has 1 aliphatic rings. The molecule has 3 N–H and O–H groups in total. The van der Waals surface area contributed by atoms with Gasteiger partial charge in [-0.2, -0.15) is 0 Å². The summed E-state index contributed by atoms with van der Waals surface area (Å²) in [5.41, 5.74) is 8.68. The van der Waals surface area contributed by atoms with Crippen molar-refractivity contribution in [3.63, 3.8) is 0 Å². The quantitative estimate of drug-likeness (QED) is 0.226. The number of sulfonamides is 1. The maximum atomic E-state index is 13.8. The van der Waals surface area contributed by atoms with E-state index < -0.39 is 22.5 Å². The first-order valence-corrected chi connectivity index (χ1v) is 14.3. The van der Waals surface area contributed by atoms with Gasteiger partial charge in [0.15, 0.2) is 0 Å². The molecule has 1 amide bonds. The van der Waals surface area contributed by atoms with Gasteiger partial charge in [-0.25, -0.2) is 8.42 Å². The fraction of sp³-hybridized carbons (Fsp3) is 0.276. The third-order valence-corrected chi connectivity index (χ3v) is 8.34. The van der Waals surface area contributed by atoms with Gasteiger partial charge in [-0.1, -0.05) is 54.6 Å². The molecule has 0 saturated carbocycles. The number of nitrogens with zero attached hydrogens (tertiary/aromatic N) is 2. The van der Waals surface area contributed by atoms with Gasteiger partial charge < -0.3 is 15.4 Å². The zero-order valence-corrected chi connectivity index (χ0v) is 22.6. The summed E-state index contributed by atoms with van der Waals surface area (Å²) in [5.74, 6) is -0.850. The van der Waals surface area contributed by atoms with Crippen LogP contribution >= 0.6 is 0 Å². The highest BCUT2D eigenvalue weighted by molar-refractivity contribution is 7.92. The van der Waals surface area contributed by atoms with E-state index in [2.05, 4.69) is 0 Å². The number of hydrogen-bond donors (Lipinski definition) is 2. The van der Waals surface area contributed by atoms with Crippen LogP contribution in [0.5, 0.6) is 0 Å². The van der Waals surface area contributed by atoms with Crippen molar-refractivity contribution < 1.29 is 22.7 Å². The number of ether oxygens (including phenoxy) is 1. The zero-order valence-electron chi connectivity index (χ0n) is 21.8. The van der Waals surface area contributed by atoms with Gasteiger partial charge in [0, 0.05) is 18.5 Å². The third kappa shape index (κ3) is 6.28. The van der Waals surface area contributed by atoms with Crippen LogP contribution in [0.3, 0.4) is 0 Å². The van der Waals surface area contributed by atoms with Crippen LogP contribution < -0.4 is 14.9 Å². The van der Waals surface area contributed by atoms with E-state index in [9.17, 15) is 18.0 Å². The van der Waals surface area contributed by atoms with E-state index in [0.29, 0.717) is 30.6 Å². The van der Waals surface area contributed by atoms with Crippen LogP contribution in [0.15, 0.2) is 77.7 Å². The number of carbonyl (C=O) groups is 2. The van der Waals surface area contributed by atoms with Gasteiger partial charge in [0.25, 0.3) is 10.0 Å². The van der Waals surface area contributed by atoms with Crippen molar-refractivity contribution in [3.05, 3.63) is 89.5 Å². The molecule has 0 aromatic heterocycles. The van der Waals surface area contributed by atoms with E-state index in [1.165, 1.54) is 12.1 Å². The molecule has 0 aliphatic carbocycles. The molecule has 0 bridgehead atoms. The highest BCUT2D eigenvalue weighted by atomic mass is 32.2. The predicted octanol–water partition coefficient (Wildman–Crippen LogP) is 3.64. The van der Waals surface area contributed by atoms with Crippen LogP contribution in [0.1, 0.15) is 36.5 Å². The number of fused-ring (bicyclic) bond motifs is 1. The molecule has 3 aromatic carbocycles. The van der Waals surface area contributed by atoms with E-state index in [1.807, 2.05) is 18.2 Å². The Morgan fingerprint density at radius 2 is 1.74 bits per heavy atom. The van der Waals surface area contributed by atoms with Gasteiger partial charge in [0.05, 0.1) is 22.9 Å². The number of benzene rings is 3. The SMILES string of the molecule is CCOC(=O)CN(c1cccc2c1N(C(=O)CCc1ccc(C(=N)N)cc1)CCC2)S(=O)(=O)c1ccccc1. The average Bonchev–Trinajstić information content (AvgIpc) is 2.94. The molecule has 10 heteroatoms. The molecule has 0 spiro atoms. The molecule has 39 heavy (non-hydrogen) atoms. The molecule has 0 radical (unpaired) electrons. The number of carbonyl (C=O) groups excluding carboxylic acids is 2. The molecular formula is C29H32N4O5S. The normalized spacial score (nSPS) is 12.9. The molecule has 4 rings (SSSR count). The monoisotopic (exact) mass is 548 g/mol. The van der Waals surface area contributed by atoms with Crippen molar-refractivity contribution in [1.29, 1.82) is 5.41 Å². The fourth-order valence-corrected chi connectivity index (χ4v) is 6.10. The summed E-state index contributed by atoms with van der Waals surface area (Å²) in [7, 11) is -4.15. The van der Waals surface area contributed by atoms with Crippen LogP contribution in [0.2, 0.25) is 0 Å². The van der Waals surface area contributed by atoms with Gasteiger partial charge in [-0.3, -0.25) is 19.3 Å². The van der Waals surface area contributed by atoms with Gasteiger partial charge in [-0.15, -0.1) is 0 Å². The number of esters is 1. The fourth-order valence-electron chi connectivity index (χ4n) is 4.66. The summed E-state index contributed by atoms with van der Waals surface area (Å²) < 4.78 is 33.8. The van der Waals surface area contributed by atoms with Crippen LogP contribution in [-0.2, 0) is 37.2 Å². The van der Waals surface area contributed by atoms with Crippen molar-refractivity contribution in [2.45, 2.75) is 37.5 Å². The lowest BCUT2D eigenvalue weighted by Gasteiger charge is -2.35. The molecule has 0 fully saturated rings. The molecule has 0 atom stereocenters. The van der Waals surface area contributed by atoms with Crippen LogP contribution in [0, 0.1) is 5.41 Å². The maximum Gasteiger partial charge on any atom is 0.326 e.